The number of benzene rings is 9. The molecule has 3 heterocycles. The number of fused-ring (bicyclic) bond motifs is 7. The first-order chi connectivity index (χ1) is 30.0. The summed E-state index contributed by atoms with van der Waals surface area (Å²) < 4.78 is 9.02. The molecule has 0 atom stereocenters. The van der Waals surface area contributed by atoms with Gasteiger partial charge >= 0.3 is 0 Å². The van der Waals surface area contributed by atoms with E-state index in [1.165, 1.54) is 61.1 Å². The van der Waals surface area contributed by atoms with Crippen LogP contribution in [0.15, 0.2) is 212 Å². The van der Waals surface area contributed by atoms with E-state index in [1.54, 1.807) is 0 Å². The first kappa shape index (κ1) is 35.2. The molecule has 2 aliphatic heterocycles. The van der Waals surface area contributed by atoms with Crippen molar-refractivity contribution in [3.8, 4) is 39.4 Å². The quantitative estimate of drug-likeness (QED) is 0.173. The van der Waals surface area contributed by atoms with Crippen molar-refractivity contribution in [2.45, 2.75) is 19.3 Å². The zero-order valence-corrected chi connectivity index (χ0v) is 34.0. The van der Waals surface area contributed by atoms with Crippen LogP contribution in [0.4, 0.5) is 34.1 Å². The fraction of sp³-hybridized carbons (Fsp3) is 0.0526. The van der Waals surface area contributed by atoms with Gasteiger partial charge in [0, 0.05) is 33.2 Å². The third kappa shape index (κ3) is 5.53. The minimum absolute atomic E-state index is 0.316. The Balaban J connectivity index is 0.983. The van der Waals surface area contributed by atoms with Crippen molar-refractivity contribution in [1.82, 2.24) is 4.57 Å². The van der Waals surface area contributed by atoms with Crippen molar-refractivity contribution >= 4 is 55.9 Å². The second-order valence-corrected chi connectivity index (χ2v) is 16.6. The molecule has 0 amide bonds. The van der Waals surface area contributed by atoms with Crippen LogP contribution in [0.3, 0.4) is 0 Å². The van der Waals surface area contributed by atoms with Gasteiger partial charge in [-0.05, 0) is 137 Å². The molecule has 10 aromatic rings. The second-order valence-electron chi connectivity index (χ2n) is 16.6. The summed E-state index contributed by atoms with van der Waals surface area (Å²) >= 11 is 0. The Morgan fingerprint density at radius 3 is 1.46 bits per heavy atom. The van der Waals surface area contributed by atoms with Gasteiger partial charge in [0.25, 0.3) is 0 Å². The van der Waals surface area contributed by atoms with Gasteiger partial charge in [-0.2, -0.15) is 0 Å². The lowest BCUT2D eigenvalue weighted by Crippen LogP contribution is -2.30. The average Bonchev–Trinajstić information content (AvgIpc) is 3.65. The minimum atomic E-state index is -0.316. The molecule has 4 heteroatoms. The predicted octanol–water partition coefficient (Wildman–Crippen LogP) is 15.8. The number of anilines is 6. The van der Waals surface area contributed by atoms with Gasteiger partial charge in [-0.3, -0.25) is 0 Å². The maximum Gasteiger partial charge on any atom is 0.152 e. The SMILES string of the molecule is CC1(C)c2cc(-c3ccc4c(c3)Oc3ccccc3N4c3ccccc3)ccc2N(c2ccccc2)c2ccc(-c3ccc4c(c3)c3ccccc3n4-c3ccccc3)cc21. The highest BCUT2D eigenvalue weighted by molar-refractivity contribution is 6.10. The lowest BCUT2D eigenvalue weighted by molar-refractivity contribution is 0.477. The van der Waals surface area contributed by atoms with Crippen LogP contribution in [0.5, 0.6) is 11.5 Å². The molecular weight excluding hydrogens is 743 g/mol. The Labute approximate surface area is 355 Å². The molecule has 9 aromatic carbocycles. The maximum absolute atomic E-state index is 6.64. The van der Waals surface area contributed by atoms with Crippen LogP contribution in [0, 0.1) is 0 Å². The lowest BCUT2D eigenvalue weighted by Gasteiger charge is -2.42. The van der Waals surface area contributed by atoms with Crippen LogP contribution in [0.2, 0.25) is 0 Å². The molecule has 0 fully saturated rings. The van der Waals surface area contributed by atoms with Gasteiger partial charge in [0.2, 0.25) is 0 Å². The third-order valence-electron chi connectivity index (χ3n) is 12.7. The monoisotopic (exact) mass is 783 g/mol. The van der Waals surface area contributed by atoms with Gasteiger partial charge in [-0.25, -0.2) is 0 Å². The summed E-state index contributed by atoms with van der Waals surface area (Å²) in [5, 5.41) is 2.50. The van der Waals surface area contributed by atoms with E-state index < -0.39 is 0 Å². The summed E-state index contributed by atoms with van der Waals surface area (Å²) in [6.45, 7) is 4.75. The first-order valence-corrected chi connectivity index (χ1v) is 21.0. The summed E-state index contributed by atoms with van der Waals surface area (Å²) in [5.41, 5.74) is 17.2. The summed E-state index contributed by atoms with van der Waals surface area (Å²) in [5.74, 6) is 1.68. The smallest absolute Gasteiger partial charge is 0.152 e. The summed E-state index contributed by atoms with van der Waals surface area (Å²) in [4.78, 5) is 4.73. The van der Waals surface area contributed by atoms with Crippen LogP contribution < -0.4 is 14.5 Å². The zero-order chi connectivity index (χ0) is 40.7. The van der Waals surface area contributed by atoms with E-state index in [0.717, 1.165) is 45.4 Å². The summed E-state index contributed by atoms with van der Waals surface area (Å²) in [7, 11) is 0. The molecule has 0 unspecified atom stereocenters. The molecule has 1 aromatic heterocycles. The van der Waals surface area contributed by atoms with Crippen molar-refractivity contribution in [1.29, 1.82) is 0 Å². The summed E-state index contributed by atoms with van der Waals surface area (Å²) in [6.07, 6.45) is 0. The summed E-state index contributed by atoms with van der Waals surface area (Å²) in [6, 6.07) is 76.6. The molecule has 0 radical (unpaired) electrons. The van der Waals surface area contributed by atoms with Gasteiger partial charge in [0.15, 0.2) is 11.5 Å². The largest absolute Gasteiger partial charge is 0.453 e. The zero-order valence-electron chi connectivity index (χ0n) is 34.0. The number of hydrogen-bond donors (Lipinski definition) is 0. The van der Waals surface area contributed by atoms with E-state index in [2.05, 4.69) is 228 Å². The van der Waals surface area contributed by atoms with Crippen LogP contribution in [-0.2, 0) is 5.41 Å². The van der Waals surface area contributed by atoms with E-state index >= 15 is 0 Å². The van der Waals surface area contributed by atoms with Crippen molar-refractivity contribution < 1.29 is 4.74 Å². The van der Waals surface area contributed by atoms with Crippen LogP contribution >= 0.6 is 0 Å². The standard InChI is InChI=1S/C57H41N3O/c1-57(2)47-35-39(38-26-30-50-46(34-38)45-22-12-13-23-49(45)58(50)42-16-6-3-7-17-42)27-31-51(47)59(43-18-8-4-9-19-43)52-32-28-40(36-48(52)57)41-29-33-54-56(37-41)61-55-25-15-14-24-53(55)60(54)44-20-10-5-11-21-44/h3-37H,1-2H3. The van der Waals surface area contributed by atoms with E-state index in [0.29, 0.717) is 0 Å². The molecule has 61 heavy (non-hydrogen) atoms. The molecule has 2 aliphatic rings. The van der Waals surface area contributed by atoms with Crippen molar-refractivity contribution in [3.05, 3.63) is 223 Å². The number of aromatic nitrogens is 1. The van der Waals surface area contributed by atoms with E-state index in [-0.39, 0.29) is 5.41 Å². The predicted molar refractivity (Wildman–Crippen MR) is 253 cm³/mol. The Kier molecular flexibility index (Phi) is 7.85. The van der Waals surface area contributed by atoms with Crippen molar-refractivity contribution in [2.75, 3.05) is 9.80 Å². The van der Waals surface area contributed by atoms with Crippen molar-refractivity contribution in [3.63, 3.8) is 0 Å². The van der Waals surface area contributed by atoms with E-state index in [4.69, 9.17) is 4.74 Å². The van der Waals surface area contributed by atoms with Crippen LogP contribution in [0.25, 0.3) is 49.7 Å². The second kappa shape index (κ2) is 13.6. The van der Waals surface area contributed by atoms with Crippen LogP contribution in [0.1, 0.15) is 25.0 Å². The van der Waals surface area contributed by atoms with Gasteiger partial charge in [-0.15, -0.1) is 0 Å². The van der Waals surface area contributed by atoms with E-state index in [1.807, 2.05) is 12.1 Å². The molecule has 0 bridgehead atoms. The fourth-order valence-corrected chi connectivity index (χ4v) is 9.75. The number of rotatable bonds is 5. The van der Waals surface area contributed by atoms with Gasteiger partial charge in [0.05, 0.1) is 33.8 Å². The third-order valence-corrected chi connectivity index (χ3v) is 12.7. The highest BCUT2D eigenvalue weighted by Gasteiger charge is 2.38. The minimum Gasteiger partial charge on any atom is -0.453 e. The fourth-order valence-electron chi connectivity index (χ4n) is 9.75. The molecule has 0 spiro atoms. The lowest BCUT2D eigenvalue weighted by atomic mass is 9.72. The molecule has 4 nitrogen and oxygen atoms in total. The Hall–Kier alpha value is -7.82. The van der Waals surface area contributed by atoms with E-state index in [9.17, 15) is 0 Å². The first-order valence-electron chi connectivity index (χ1n) is 21.0. The molecule has 290 valence electrons. The Morgan fingerprint density at radius 2 is 0.803 bits per heavy atom. The highest BCUT2D eigenvalue weighted by atomic mass is 16.5. The molecule has 0 N–H and O–H groups in total. The highest BCUT2D eigenvalue weighted by Crippen LogP contribution is 2.55. The number of hydrogen-bond acceptors (Lipinski definition) is 3. The topological polar surface area (TPSA) is 20.6 Å². The van der Waals surface area contributed by atoms with Gasteiger partial charge in [0.1, 0.15) is 0 Å². The van der Waals surface area contributed by atoms with Crippen LogP contribution in [-0.4, -0.2) is 4.57 Å². The molecule has 0 saturated carbocycles. The van der Waals surface area contributed by atoms with Gasteiger partial charge in [-0.1, -0.05) is 123 Å². The Morgan fingerprint density at radius 1 is 0.344 bits per heavy atom. The number of nitrogens with zero attached hydrogens (tertiary/aromatic N) is 3. The molecule has 0 aliphatic carbocycles. The normalized spacial score (nSPS) is 13.6. The molecule has 12 rings (SSSR count). The Bertz CT molecular complexity index is 3310. The van der Waals surface area contributed by atoms with Crippen molar-refractivity contribution in [2.24, 2.45) is 0 Å². The number of ether oxygens (including phenoxy) is 1. The molecule has 0 saturated heterocycles. The molecular formula is C57H41N3O. The number of para-hydroxylation sites is 6. The van der Waals surface area contributed by atoms with Gasteiger partial charge < -0.3 is 19.1 Å². The average molecular weight is 784 g/mol. The maximum atomic E-state index is 6.64.